The maximum absolute atomic E-state index is 9.29. The van der Waals surface area contributed by atoms with Crippen molar-refractivity contribution >= 4 is 17.2 Å². The van der Waals surface area contributed by atoms with E-state index in [2.05, 4.69) is 45.5 Å². The summed E-state index contributed by atoms with van der Waals surface area (Å²) in [7, 11) is 4.32. The SMILES string of the molecule is CN1CCC(CNc2nn3c(-c4cccc(C#N)c4)nnc3c3c2N(C)CCC3)CC1. The first kappa shape index (κ1) is 19.8. The zero-order chi connectivity index (χ0) is 21.4. The molecule has 8 nitrogen and oxygen atoms in total. The molecule has 4 heterocycles. The number of likely N-dealkylation sites (tertiary alicyclic amines) is 1. The van der Waals surface area contributed by atoms with Gasteiger partial charge in [-0.3, -0.25) is 0 Å². The summed E-state index contributed by atoms with van der Waals surface area (Å²) in [5.74, 6) is 2.23. The monoisotopic (exact) mass is 416 g/mol. The lowest BCUT2D eigenvalue weighted by Gasteiger charge is -2.31. The number of piperidine rings is 1. The minimum absolute atomic E-state index is 0.604. The molecule has 160 valence electrons. The molecule has 0 amide bonds. The predicted octanol–water partition coefficient (Wildman–Crippen LogP) is 2.80. The largest absolute Gasteiger partial charge is 0.371 e. The Bertz CT molecular complexity index is 1140. The molecule has 0 unspecified atom stereocenters. The summed E-state index contributed by atoms with van der Waals surface area (Å²) in [6.07, 6.45) is 4.47. The van der Waals surface area contributed by atoms with E-state index in [-0.39, 0.29) is 0 Å². The van der Waals surface area contributed by atoms with Crippen molar-refractivity contribution in [2.45, 2.75) is 25.7 Å². The van der Waals surface area contributed by atoms with Gasteiger partial charge in [0.2, 0.25) is 0 Å². The van der Waals surface area contributed by atoms with Crippen molar-refractivity contribution in [3.8, 4) is 17.5 Å². The fourth-order valence-corrected chi connectivity index (χ4v) is 4.74. The first-order chi connectivity index (χ1) is 15.1. The Morgan fingerprint density at radius 3 is 2.81 bits per heavy atom. The van der Waals surface area contributed by atoms with E-state index in [9.17, 15) is 5.26 Å². The van der Waals surface area contributed by atoms with Crippen LogP contribution in [-0.4, -0.2) is 65.0 Å². The zero-order valence-electron chi connectivity index (χ0n) is 18.2. The van der Waals surface area contributed by atoms with E-state index < -0.39 is 0 Å². The summed E-state index contributed by atoms with van der Waals surface area (Å²) in [5, 5.41) is 26.9. The van der Waals surface area contributed by atoms with Crippen LogP contribution in [0.1, 0.15) is 30.4 Å². The third-order valence-electron chi connectivity index (χ3n) is 6.57. The highest BCUT2D eigenvalue weighted by atomic mass is 15.4. The van der Waals surface area contributed by atoms with Crippen LogP contribution in [0.5, 0.6) is 0 Å². The van der Waals surface area contributed by atoms with Gasteiger partial charge in [-0.25, -0.2) is 0 Å². The van der Waals surface area contributed by atoms with E-state index in [1.54, 1.807) is 6.07 Å². The maximum atomic E-state index is 9.29. The molecule has 31 heavy (non-hydrogen) atoms. The zero-order valence-corrected chi connectivity index (χ0v) is 18.2. The van der Waals surface area contributed by atoms with Crippen molar-refractivity contribution in [2.24, 2.45) is 5.92 Å². The summed E-state index contributed by atoms with van der Waals surface area (Å²) in [5.41, 5.74) is 4.61. The molecule has 0 bridgehead atoms. The van der Waals surface area contributed by atoms with E-state index in [4.69, 9.17) is 5.10 Å². The predicted molar refractivity (Wildman–Crippen MR) is 121 cm³/mol. The molecule has 1 N–H and O–H groups in total. The van der Waals surface area contributed by atoms with Crippen molar-refractivity contribution in [3.05, 3.63) is 35.4 Å². The van der Waals surface area contributed by atoms with Gasteiger partial charge in [0.15, 0.2) is 17.3 Å². The van der Waals surface area contributed by atoms with Crippen LogP contribution in [0.15, 0.2) is 24.3 Å². The van der Waals surface area contributed by atoms with Gasteiger partial charge in [-0.1, -0.05) is 12.1 Å². The summed E-state index contributed by atoms with van der Waals surface area (Å²) in [6, 6.07) is 9.67. The van der Waals surface area contributed by atoms with Gasteiger partial charge in [0.1, 0.15) is 0 Å². The lowest BCUT2D eigenvalue weighted by Crippen LogP contribution is -2.33. The van der Waals surface area contributed by atoms with E-state index >= 15 is 0 Å². The van der Waals surface area contributed by atoms with Gasteiger partial charge in [0.05, 0.1) is 17.3 Å². The normalized spacial score (nSPS) is 17.5. The van der Waals surface area contributed by atoms with Gasteiger partial charge >= 0.3 is 0 Å². The first-order valence-corrected chi connectivity index (χ1v) is 11.1. The van der Waals surface area contributed by atoms with Gasteiger partial charge in [0, 0.05) is 31.3 Å². The number of hydrogen-bond acceptors (Lipinski definition) is 7. The Balaban J connectivity index is 1.55. The Morgan fingerprint density at radius 2 is 2.00 bits per heavy atom. The van der Waals surface area contributed by atoms with Crippen LogP contribution in [-0.2, 0) is 6.42 Å². The average molecular weight is 417 g/mol. The maximum Gasteiger partial charge on any atom is 0.185 e. The molecule has 0 saturated carbocycles. The minimum atomic E-state index is 0.604. The van der Waals surface area contributed by atoms with Crippen LogP contribution >= 0.6 is 0 Å². The summed E-state index contributed by atoms with van der Waals surface area (Å²) in [4.78, 5) is 4.68. The fraction of sp³-hybridized carbons (Fsp3) is 0.478. The quantitative estimate of drug-likeness (QED) is 0.700. The fourth-order valence-electron chi connectivity index (χ4n) is 4.74. The number of aromatic nitrogens is 4. The highest BCUT2D eigenvalue weighted by molar-refractivity contribution is 5.78. The van der Waals surface area contributed by atoms with Crippen molar-refractivity contribution in [1.82, 2.24) is 24.7 Å². The Labute approximate surface area is 182 Å². The molecular formula is C23H28N8. The number of aryl methyl sites for hydroxylation is 1. The van der Waals surface area contributed by atoms with Crippen LogP contribution < -0.4 is 10.2 Å². The summed E-state index contributed by atoms with van der Waals surface area (Å²) >= 11 is 0. The molecule has 0 atom stereocenters. The van der Waals surface area contributed by atoms with Crippen LogP contribution in [0.25, 0.3) is 17.0 Å². The highest BCUT2D eigenvalue weighted by Crippen LogP contribution is 2.36. The molecule has 1 saturated heterocycles. The van der Waals surface area contributed by atoms with E-state index in [0.29, 0.717) is 17.3 Å². The van der Waals surface area contributed by atoms with Crippen molar-refractivity contribution in [1.29, 1.82) is 5.26 Å². The van der Waals surface area contributed by atoms with Crippen LogP contribution in [0.2, 0.25) is 0 Å². The number of nitriles is 1. The molecule has 0 aliphatic carbocycles. The summed E-state index contributed by atoms with van der Waals surface area (Å²) < 4.78 is 1.85. The second kappa shape index (κ2) is 8.16. The molecule has 5 rings (SSSR count). The van der Waals surface area contributed by atoms with Crippen molar-refractivity contribution < 1.29 is 0 Å². The standard InChI is InChI=1S/C23H28N8/c1-29-11-8-16(9-12-29)15-25-21-20-19(7-4-10-30(20)2)23-27-26-22(31(23)28-21)18-6-3-5-17(13-18)14-24/h3,5-6,13,16H,4,7-12,15H2,1-2H3,(H,25,28). The molecule has 8 heteroatoms. The number of rotatable bonds is 4. The molecule has 0 radical (unpaired) electrons. The topological polar surface area (TPSA) is 85.4 Å². The van der Waals surface area contributed by atoms with Crippen LogP contribution in [0, 0.1) is 17.2 Å². The summed E-state index contributed by atoms with van der Waals surface area (Å²) in [6.45, 7) is 4.25. The first-order valence-electron chi connectivity index (χ1n) is 11.1. The second-order valence-corrected chi connectivity index (χ2v) is 8.78. The van der Waals surface area contributed by atoms with E-state index in [1.165, 1.54) is 18.4 Å². The van der Waals surface area contributed by atoms with Crippen molar-refractivity contribution in [2.75, 3.05) is 50.5 Å². The number of nitrogens with one attached hydrogen (secondary N) is 1. The van der Waals surface area contributed by atoms with Gasteiger partial charge in [-0.05, 0) is 63.9 Å². The lowest BCUT2D eigenvalue weighted by atomic mass is 9.97. The minimum Gasteiger partial charge on any atom is -0.371 e. The molecule has 0 spiro atoms. The van der Waals surface area contributed by atoms with Gasteiger partial charge in [-0.15, -0.1) is 15.3 Å². The smallest absolute Gasteiger partial charge is 0.185 e. The van der Waals surface area contributed by atoms with Gasteiger partial charge in [-0.2, -0.15) is 9.78 Å². The van der Waals surface area contributed by atoms with E-state index in [0.717, 1.165) is 61.7 Å². The third kappa shape index (κ3) is 3.70. The average Bonchev–Trinajstić information content (AvgIpc) is 3.23. The van der Waals surface area contributed by atoms with Gasteiger partial charge < -0.3 is 15.1 Å². The van der Waals surface area contributed by atoms with Crippen molar-refractivity contribution in [3.63, 3.8) is 0 Å². The van der Waals surface area contributed by atoms with Crippen LogP contribution in [0.3, 0.4) is 0 Å². The highest BCUT2D eigenvalue weighted by Gasteiger charge is 2.26. The molecule has 1 aromatic carbocycles. The molecule has 2 aliphatic rings. The van der Waals surface area contributed by atoms with E-state index in [1.807, 2.05) is 22.7 Å². The second-order valence-electron chi connectivity index (χ2n) is 8.78. The third-order valence-corrected chi connectivity index (χ3v) is 6.57. The number of benzene rings is 1. The number of anilines is 2. The van der Waals surface area contributed by atoms with Crippen LogP contribution in [0.4, 0.5) is 11.5 Å². The molecule has 3 aromatic rings. The molecule has 2 aliphatic heterocycles. The number of fused-ring (bicyclic) bond motifs is 3. The number of nitrogens with zero attached hydrogens (tertiary/aromatic N) is 7. The molecular weight excluding hydrogens is 388 g/mol. The lowest BCUT2D eigenvalue weighted by molar-refractivity contribution is 0.226. The Morgan fingerprint density at radius 1 is 1.16 bits per heavy atom. The number of hydrogen-bond donors (Lipinski definition) is 1. The molecule has 2 aromatic heterocycles. The molecule has 1 fully saturated rings. The Kier molecular flexibility index (Phi) is 5.20. The van der Waals surface area contributed by atoms with Gasteiger partial charge in [0.25, 0.3) is 0 Å². The Hall–Kier alpha value is -3.18.